The number of sulfone groups is 1. The van der Waals surface area contributed by atoms with Crippen molar-refractivity contribution < 1.29 is 18.3 Å². The Kier molecular flexibility index (Phi) is 5.34. The molecule has 0 spiro atoms. The molecule has 0 aliphatic carbocycles. The van der Waals surface area contributed by atoms with Crippen LogP contribution in [0.5, 0.6) is 5.75 Å². The number of ether oxygens (including phenoxy) is 1. The molecule has 0 amide bonds. The lowest BCUT2D eigenvalue weighted by atomic mass is 9.92. The molecule has 0 unspecified atom stereocenters. The fourth-order valence-corrected chi connectivity index (χ4v) is 3.65. The molecule has 5 nitrogen and oxygen atoms in total. The molecule has 0 bridgehead atoms. The molecule has 2 aromatic carbocycles. The van der Waals surface area contributed by atoms with E-state index in [2.05, 4.69) is 11.1 Å². The van der Waals surface area contributed by atoms with Crippen LogP contribution in [0.1, 0.15) is 23.1 Å². The third kappa shape index (κ3) is 4.08. The molecule has 26 heavy (non-hydrogen) atoms. The van der Waals surface area contributed by atoms with Gasteiger partial charge in [-0.05, 0) is 41.0 Å². The highest BCUT2D eigenvalue weighted by atomic mass is 32.2. The lowest BCUT2D eigenvalue weighted by Gasteiger charge is -2.26. The highest BCUT2D eigenvalue weighted by Crippen LogP contribution is 2.33. The van der Waals surface area contributed by atoms with Crippen LogP contribution in [-0.4, -0.2) is 44.9 Å². The number of aliphatic hydroxyl groups is 1. The van der Waals surface area contributed by atoms with Crippen LogP contribution in [0.25, 0.3) is 5.57 Å². The van der Waals surface area contributed by atoms with Gasteiger partial charge in [0, 0.05) is 44.6 Å². The van der Waals surface area contributed by atoms with Crippen molar-refractivity contribution in [2.75, 3.05) is 26.5 Å². The first-order valence-electron chi connectivity index (χ1n) is 8.48. The molecule has 6 heteroatoms. The Hall–Kier alpha value is -2.31. The zero-order valence-corrected chi connectivity index (χ0v) is 15.8. The zero-order chi connectivity index (χ0) is 18.7. The van der Waals surface area contributed by atoms with Gasteiger partial charge in [-0.3, -0.25) is 0 Å². The van der Waals surface area contributed by atoms with E-state index in [0.29, 0.717) is 17.9 Å². The summed E-state index contributed by atoms with van der Waals surface area (Å²) in [5.41, 5.74) is 4.29. The SMILES string of the molecule is CN1C=C(c2ccc(S(C)(=O)=O)cc2)c2ccc(OCCCO)cc2C1. The minimum absolute atomic E-state index is 0.115. The summed E-state index contributed by atoms with van der Waals surface area (Å²) in [6.45, 7) is 1.38. The predicted octanol–water partition coefficient (Wildman–Crippen LogP) is 2.69. The quantitative estimate of drug-likeness (QED) is 0.789. The van der Waals surface area contributed by atoms with Gasteiger partial charge in [0.2, 0.25) is 0 Å². The first-order chi connectivity index (χ1) is 12.4. The van der Waals surface area contributed by atoms with Gasteiger partial charge >= 0.3 is 0 Å². The number of fused-ring (bicyclic) bond motifs is 1. The van der Waals surface area contributed by atoms with E-state index in [1.54, 1.807) is 12.1 Å². The van der Waals surface area contributed by atoms with Crippen LogP contribution in [0.3, 0.4) is 0 Å². The van der Waals surface area contributed by atoms with Crippen molar-refractivity contribution in [1.29, 1.82) is 0 Å². The monoisotopic (exact) mass is 373 g/mol. The molecule has 3 rings (SSSR count). The summed E-state index contributed by atoms with van der Waals surface area (Å²) in [5, 5.41) is 8.87. The van der Waals surface area contributed by atoms with E-state index in [1.807, 2.05) is 37.4 Å². The third-order valence-electron chi connectivity index (χ3n) is 4.30. The fourth-order valence-electron chi connectivity index (χ4n) is 3.02. The van der Waals surface area contributed by atoms with E-state index in [4.69, 9.17) is 9.84 Å². The molecular formula is C20H23NO4S. The van der Waals surface area contributed by atoms with Crippen LogP contribution in [0.2, 0.25) is 0 Å². The van der Waals surface area contributed by atoms with Gasteiger partial charge in [-0.25, -0.2) is 8.42 Å². The Bertz CT molecular complexity index is 917. The molecular weight excluding hydrogens is 350 g/mol. The van der Waals surface area contributed by atoms with Gasteiger partial charge in [0.1, 0.15) is 5.75 Å². The number of hydrogen-bond acceptors (Lipinski definition) is 5. The standard InChI is InChI=1S/C20H23NO4S/c1-21-13-16-12-17(25-11-3-10-22)6-9-19(16)20(14-21)15-4-7-18(8-5-15)26(2,23)24/h4-9,12,14,22H,3,10-11,13H2,1-2H3. The first kappa shape index (κ1) is 18.5. The molecule has 1 N–H and O–H groups in total. The highest BCUT2D eigenvalue weighted by molar-refractivity contribution is 7.90. The van der Waals surface area contributed by atoms with Crippen molar-refractivity contribution in [3.8, 4) is 5.75 Å². The molecule has 1 aliphatic heterocycles. The second kappa shape index (κ2) is 7.51. The molecule has 0 aromatic heterocycles. The molecule has 2 aromatic rings. The normalized spacial score (nSPS) is 14.0. The van der Waals surface area contributed by atoms with Crippen LogP contribution >= 0.6 is 0 Å². The van der Waals surface area contributed by atoms with Gasteiger partial charge in [-0.2, -0.15) is 0 Å². The van der Waals surface area contributed by atoms with Crippen LogP contribution < -0.4 is 4.74 Å². The number of benzene rings is 2. The van der Waals surface area contributed by atoms with E-state index in [1.165, 1.54) is 6.26 Å². The van der Waals surface area contributed by atoms with E-state index >= 15 is 0 Å². The maximum atomic E-state index is 11.7. The van der Waals surface area contributed by atoms with Gasteiger partial charge in [0.05, 0.1) is 11.5 Å². The average Bonchev–Trinajstić information content (AvgIpc) is 2.60. The Balaban J connectivity index is 1.92. The van der Waals surface area contributed by atoms with Crippen LogP contribution in [0.15, 0.2) is 53.6 Å². The topological polar surface area (TPSA) is 66.8 Å². The second-order valence-corrected chi connectivity index (χ2v) is 8.51. The minimum atomic E-state index is -3.20. The summed E-state index contributed by atoms with van der Waals surface area (Å²) in [4.78, 5) is 2.42. The minimum Gasteiger partial charge on any atom is -0.493 e. The number of hydrogen-bond donors (Lipinski definition) is 1. The predicted molar refractivity (Wildman–Crippen MR) is 102 cm³/mol. The van der Waals surface area contributed by atoms with Crippen molar-refractivity contribution in [3.63, 3.8) is 0 Å². The molecule has 0 fully saturated rings. The number of rotatable bonds is 6. The van der Waals surface area contributed by atoms with Crippen LogP contribution in [-0.2, 0) is 16.4 Å². The average molecular weight is 373 g/mol. The van der Waals surface area contributed by atoms with Crippen molar-refractivity contribution in [1.82, 2.24) is 4.90 Å². The summed E-state index contributed by atoms with van der Waals surface area (Å²) in [6, 6.07) is 13.0. The molecule has 0 atom stereocenters. The van der Waals surface area contributed by atoms with Crippen molar-refractivity contribution in [2.24, 2.45) is 0 Å². The molecule has 0 saturated heterocycles. The molecule has 138 valence electrons. The van der Waals surface area contributed by atoms with Gasteiger partial charge in [-0.15, -0.1) is 0 Å². The van der Waals surface area contributed by atoms with Gasteiger partial charge in [0.15, 0.2) is 9.84 Å². The molecule has 0 radical (unpaired) electrons. The van der Waals surface area contributed by atoms with Crippen molar-refractivity contribution in [2.45, 2.75) is 17.9 Å². The van der Waals surface area contributed by atoms with E-state index in [9.17, 15) is 8.42 Å². The summed E-state index contributed by atoms with van der Waals surface area (Å²) < 4.78 is 29.0. The number of aliphatic hydroxyl groups excluding tert-OH is 1. The molecule has 1 aliphatic rings. The van der Waals surface area contributed by atoms with Gasteiger partial charge < -0.3 is 14.7 Å². The first-order valence-corrected chi connectivity index (χ1v) is 10.4. The summed E-state index contributed by atoms with van der Waals surface area (Å²) in [5.74, 6) is 0.791. The van der Waals surface area contributed by atoms with E-state index in [-0.39, 0.29) is 6.61 Å². The lowest BCUT2D eigenvalue weighted by molar-refractivity contribution is 0.233. The fraction of sp³-hybridized carbons (Fsp3) is 0.300. The molecule has 1 heterocycles. The molecule has 0 saturated carbocycles. The van der Waals surface area contributed by atoms with Crippen molar-refractivity contribution in [3.05, 3.63) is 65.4 Å². The van der Waals surface area contributed by atoms with Gasteiger partial charge in [0.25, 0.3) is 0 Å². The maximum absolute atomic E-state index is 11.7. The Labute approximate surface area is 154 Å². The van der Waals surface area contributed by atoms with E-state index in [0.717, 1.165) is 34.6 Å². The van der Waals surface area contributed by atoms with Crippen molar-refractivity contribution >= 4 is 15.4 Å². The maximum Gasteiger partial charge on any atom is 0.175 e. The highest BCUT2D eigenvalue weighted by Gasteiger charge is 2.18. The van der Waals surface area contributed by atoms with Crippen LogP contribution in [0.4, 0.5) is 0 Å². The van der Waals surface area contributed by atoms with Gasteiger partial charge in [-0.1, -0.05) is 18.2 Å². The third-order valence-corrected chi connectivity index (χ3v) is 5.43. The summed E-state index contributed by atoms with van der Waals surface area (Å²) in [7, 11) is -1.20. The summed E-state index contributed by atoms with van der Waals surface area (Å²) >= 11 is 0. The number of nitrogens with zero attached hydrogens (tertiary/aromatic N) is 1. The largest absolute Gasteiger partial charge is 0.493 e. The second-order valence-electron chi connectivity index (χ2n) is 6.50. The van der Waals surface area contributed by atoms with E-state index < -0.39 is 9.84 Å². The zero-order valence-electron chi connectivity index (χ0n) is 15.0. The Morgan fingerprint density at radius 3 is 2.54 bits per heavy atom. The summed E-state index contributed by atoms with van der Waals surface area (Å²) in [6.07, 6.45) is 3.89. The lowest BCUT2D eigenvalue weighted by Crippen LogP contribution is -2.17. The smallest absolute Gasteiger partial charge is 0.175 e. The van der Waals surface area contributed by atoms with Crippen LogP contribution in [0, 0.1) is 0 Å². The Morgan fingerprint density at radius 1 is 1.15 bits per heavy atom. The Morgan fingerprint density at radius 2 is 1.88 bits per heavy atom.